The van der Waals surface area contributed by atoms with Gasteiger partial charge in [-0.2, -0.15) is 0 Å². The van der Waals surface area contributed by atoms with E-state index >= 15 is 0 Å². The van der Waals surface area contributed by atoms with E-state index in [1.165, 1.54) is 11.1 Å². The van der Waals surface area contributed by atoms with E-state index in [-0.39, 0.29) is 11.6 Å². The molecule has 0 saturated heterocycles. The number of benzene rings is 2. The number of carbonyl (C=O) groups is 2. The molecule has 2 heteroatoms. The Balaban J connectivity index is 2.31. The van der Waals surface area contributed by atoms with Gasteiger partial charge in [0.15, 0.2) is 11.6 Å². The third-order valence-electron chi connectivity index (χ3n) is 4.86. The molecule has 24 heavy (non-hydrogen) atoms. The lowest BCUT2D eigenvalue weighted by Crippen LogP contribution is -2.11. The summed E-state index contributed by atoms with van der Waals surface area (Å²) < 4.78 is 0. The summed E-state index contributed by atoms with van der Waals surface area (Å²) in [5, 5.41) is 0. The molecule has 2 aromatic carbocycles. The van der Waals surface area contributed by atoms with Crippen LogP contribution in [0.2, 0.25) is 0 Å². The fraction of sp³-hybridized carbons (Fsp3) is 0.364. The van der Waals surface area contributed by atoms with Crippen molar-refractivity contribution in [3.63, 3.8) is 0 Å². The average Bonchev–Trinajstić information content (AvgIpc) is 2.59. The first kappa shape index (κ1) is 18.1. The first-order valence-electron chi connectivity index (χ1n) is 8.69. The zero-order valence-electron chi connectivity index (χ0n) is 15.0. The van der Waals surface area contributed by atoms with Gasteiger partial charge < -0.3 is 0 Å². The Hall–Kier alpha value is -2.22. The van der Waals surface area contributed by atoms with Crippen molar-refractivity contribution in [2.24, 2.45) is 0 Å². The second-order valence-corrected chi connectivity index (χ2v) is 6.39. The van der Waals surface area contributed by atoms with Gasteiger partial charge in [-0.3, -0.25) is 9.59 Å². The van der Waals surface area contributed by atoms with Gasteiger partial charge in [0.1, 0.15) is 0 Å². The van der Waals surface area contributed by atoms with Crippen molar-refractivity contribution in [3.05, 3.63) is 70.8 Å². The lowest BCUT2D eigenvalue weighted by atomic mass is 9.78. The average molecular weight is 322 g/mol. The predicted octanol–water partition coefficient (Wildman–Crippen LogP) is 5.78. The molecule has 0 aromatic heterocycles. The van der Waals surface area contributed by atoms with E-state index in [0.29, 0.717) is 11.8 Å². The van der Waals surface area contributed by atoms with E-state index in [4.69, 9.17) is 0 Å². The summed E-state index contributed by atoms with van der Waals surface area (Å²) in [6.45, 7) is 7.60. The molecule has 2 nitrogen and oxygen atoms in total. The molecule has 0 aliphatic carbocycles. The van der Waals surface area contributed by atoms with Crippen LogP contribution in [0.15, 0.2) is 48.5 Å². The molecule has 0 heterocycles. The summed E-state index contributed by atoms with van der Waals surface area (Å²) in [6.07, 6.45) is 2.07. The van der Waals surface area contributed by atoms with E-state index in [0.717, 1.165) is 24.0 Å². The Kier molecular flexibility index (Phi) is 6.08. The van der Waals surface area contributed by atoms with E-state index in [1.807, 2.05) is 24.3 Å². The number of hydrogen-bond donors (Lipinski definition) is 0. The van der Waals surface area contributed by atoms with Gasteiger partial charge in [-0.05, 0) is 49.7 Å². The normalized spacial score (nSPS) is 13.3. The van der Waals surface area contributed by atoms with Gasteiger partial charge in [0.2, 0.25) is 0 Å². The quantitative estimate of drug-likeness (QED) is 0.606. The Morgan fingerprint density at radius 2 is 0.958 bits per heavy atom. The molecular formula is C22H26O2. The van der Waals surface area contributed by atoms with Gasteiger partial charge >= 0.3 is 0 Å². The summed E-state index contributed by atoms with van der Waals surface area (Å²) >= 11 is 0. The topological polar surface area (TPSA) is 34.1 Å². The van der Waals surface area contributed by atoms with Crippen LogP contribution in [-0.4, -0.2) is 11.6 Å². The highest BCUT2D eigenvalue weighted by Gasteiger charge is 2.22. The largest absolute Gasteiger partial charge is 0.295 e. The molecule has 0 radical (unpaired) electrons. The van der Waals surface area contributed by atoms with Crippen LogP contribution in [-0.2, 0) is 0 Å². The van der Waals surface area contributed by atoms with Crippen molar-refractivity contribution in [1.29, 1.82) is 0 Å². The van der Waals surface area contributed by atoms with Gasteiger partial charge in [-0.15, -0.1) is 0 Å². The van der Waals surface area contributed by atoms with Crippen LogP contribution in [0.3, 0.4) is 0 Å². The zero-order chi connectivity index (χ0) is 17.7. The molecular weight excluding hydrogens is 296 g/mol. The molecule has 0 saturated carbocycles. The van der Waals surface area contributed by atoms with Crippen molar-refractivity contribution < 1.29 is 9.59 Å². The van der Waals surface area contributed by atoms with Crippen molar-refractivity contribution in [1.82, 2.24) is 0 Å². The molecule has 0 aliphatic rings. The van der Waals surface area contributed by atoms with Gasteiger partial charge in [0.05, 0.1) is 0 Å². The summed E-state index contributed by atoms with van der Waals surface area (Å²) in [5.41, 5.74) is 4.05. The second kappa shape index (κ2) is 8.05. The molecule has 0 fully saturated rings. The van der Waals surface area contributed by atoms with Crippen molar-refractivity contribution in [2.75, 3.05) is 0 Å². The van der Waals surface area contributed by atoms with Crippen LogP contribution in [0.1, 0.15) is 84.2 Å². The fourth-order valence-electron chi connectivity index (χ4n) is 3.44. The first-order valence-corrected chi connectivity index (χ1v) is 8.69. The number of rotatable bonds is 7. The Bertz CT molecular complexity index is 632. The molecule has 126 valence electrons. The molecule has 0 N–H and O–H groups in total. The highest BCUT2D eigenvalue weighted by Crippen LogP contribution is 2.38. The van der Waals surface area contributed by atoms with Crippen molar-refractivity contribution >= 4 is 11.6 Å². The summed E-state index contributed by atoms with van der Waals surface area (Å²) in [6, 6.07) is 16.0. The third kappa shape index (κ3) is 4.00. The second-order valence-electron chi connectivity index (χ2n) is 6.39. The van der Waals surface area contributed by atoms with Gasteiger partial charge in [0, 0.05) is 11.1 Å². The number of carbonyl (C=O) groups excluding carboxylic acids is 2. The smallest absolute Gasteiger partial charge is 0.159 e. The molecule has 2 rings (SSSR count). The maximum atomic E-state index is 11.5. The van der Waals surface area contributed by atoms with Crippen LogP contribution in [0, 0.1) is 0 Å². The molecule has 0 aliphatic heterocycles. The van der Waals surface area contributed by atoms with Crippen molar-refractivity contribution in [2.45, 2.75) is 52.4 Å². The standard InChI is InChI=1S/C22H26O2/c1-5-21(19-11-7-17(8-12-19)15(3)23)22(6-2)20-13-9-18(10-14-20)16(4)24/h7-14,21-22H,5-6H2,1-4H3. The van der Waals surface area contributed by atoms with Gasteiger partial charge in [-0.25, -0.2) is 0 Å². The number of ketones is 2. The lowest BCUT2D eigenvalue weighted by molar-refractivity contribution is 0.100. The summed E-state index contributed by atoms with van der Waals surface area (Å²) in [7, 11) is 0. The van der Waals surface area contributed by atoms with Gasteiger partial charge in [-0.1, -0.05) is 62.4 Å². The highest BCUT2D eigenvalue weighted by atomic mass is 16.1. The molecule has 0 bridgehead atoms. The minimum absolute atomic E-state index is 0.0986. The molecule has 0 spiro atoms. The summed E-state index contributed by atoms with van der Waals surface area (Å²) in [4.78, 5) is 22.9. The maximum Gasteiger partial charge on any atom is 0.159 e. The number of hydrogen-bond acceptors (Lipinski definition) is 2. The van der Waals surface area contributed by atoms with E-state index in [9.17, 15) is 9.59 Å². The Labute approximate surface area is 144 Å². The van der Waals surface area contributed by atoms with Gasteiger partial charge in [0.25, 0.3) is 0 Å². The van der Waals surface area contributed by atoms with E-state index < -0.39 is 0 Å². The SMILES string of the molecule is CCC(c1ccc(C(C)=O)cc1)C(CC)c1ccc(C(C)=O)cc1. The van der Waals surface area contributed by atoms with Crippen LogP contribution in [0.4, 0.5) is 0 Å². The maximum absolute atomic E-state index is 11.5. The zero-order valence-corrected chi connectivity index (χ0v) is 15.0. The van der Waals surface area contributed by atoms with E-state index in [2.05, 4.69) is 38.1 Å². The number of Topliss-reactive ketones (excluding diaryl/α,β-unsaturated/α-hetero) is 2. The summed E-state index contributed by atoms with van der Waals surface area (Å²) in [5.74, 6) is 1.00. The van der Waals surface area contributed by atoms with Crippen molar-refractivity contribution in [3.8, 4) is 0 Å². The Morgan fingerprint density at radius 3 is 1.17 bits per heavy atom. The molecule has 2 atom stereocenters. The predicted molar refractivity (Wildman–Crippen MR) is 99.0 cm³/mol. The minimum atomic E-state index is 0.0986. The van der Waals surface area contributed by atoms with Crippen LogP contribution < -0.4 is 0 Å². The lowest BCUT2D eigenvalue weighted by Gasteiger charge is -2.26. The molecule has 2 aromatic rings. The third-order valence-corrected chi connectivity index (χ3v) is 4.86. The molecule has 0 amide bonds. The fourth-order valence-corrected chi connectivity index (χ4v) is 3.44. The van der Waals surface area contributed by atoms with Crippen LogP contribution >= 0.6 is 0 Å². The van der Waals surface area contributed by atoms with E-state index in [1.54, 1.807) is 13.8 Å². The van der Waals surface area contributed by atoms with Crippen LogP contribution in [0.5, 0.6) is 0 Å². The monoisotopic (exact) mass is 322 g/mol. The van der Waals surface area contributed by atoms with Crippen LogP contribution in [0.25, 0.3) is 0 Å². The highest BCUT2D eigenvalue weighted by molar-refractivity contribution is 5.94. The molecule has 2 unspecified atom stereocenters. The first-order chi connectivity index (χ1) is 11.5. The minimum Gasteiger partial charge on any atom is -0.295 e. The Morgan fingerprint density at radius 1 is 0.667 bits per heavy atom.